The number of hydrogen-bond donors (Lipinski definition) is 3. The first-order chi connectivity index (χ1) is 16.2. The number of nitrogens with zero attached hydrogens (tertiary/aromatic N) is 2. The fourth-order valence-electron chi connectivity index (χ4n) is 4.27. The molecule has 4 rings (SSSR count). The van der Waals surface area contributed by atoms with Crippen molar-refractivity contribution in [1.29, 1.82) is 0 Å². The van der Waals surface area contributed by atoms with Gasteiger partial charge in [-0.2, -0.15) is 0 Å². The third-order valence-electron chi connectivity index (χ3n) is 6.26. The highest BCUT2D eigenvalue weighted by molar-refractivity contribution is 5.78. The number of nitrogens with one attached hydrogen (secondary N) is 3. The van der Waals surface area contributed by atoms with E-state index in [1.807, 2.05) is 31.3 Å². The predicted octanol–water partition coefficient (Wildman–Crippen LogP) is 2.60. The monoisotopic (exact) mass is 451 g/mol. The molecule has 2 heterocycles. The molecule has 1 aromatic carbocycles. The molecular formula is C26H37N5O2. The standard InChI is InChI=1S/C26H37N5O2/c1-2-33-25-6-4-3-5-21(25)19-31-13-10-23(11-14-31)30-26(32)18-27-17-24-15-20(9-12-28-24)16-29-22-7-8-22/h3-6,9,12,15,22-23,27,29H,2,7-8,10-11,13-14,16-19H2,1H3,(H,30,32). The van der Waals surface area contributed by atoms with Crippen molar-refractivity contribution < 1.29 is 9.53 Å². The molecule has 1 amide bonds. The summed E-state index contributed by atoms with van der Waals surface area (Å²) in [7, 11) is 0. The molecule has 0 spiro atoms. The second kappa shape index (κ2) is 12.1. The van der Waals surface area contributed by atoms with Gasteiger partial charge in [0.1, 0.15) is 5.75 Å². The van der Waals surface area contributed by atoms with E-state index in [1.54, 1.807) is 0 Å². The lowest BCUT2D eigenvalue weighted by Gasteiger charge is -2.32. The maximum atomic E-state index is 12.4. The molecule has 1 aliphatic heterocycles. The van der Waals surface area contributed by atoms with Crippen molar-refractivity contribution in [2.45, 2.75) is 64.3 Å². The van der Waals surface area contributed by atoms with Crippen LogP contribution in [0.2, 0.25) is 0 Å². The van der Waals surface area contributed by atoms with Crippen molar-refractivity contribution >= 4 is 5.91 Å². The number of carbonyl (C=O) groups is 1. The molecule has 0 atom stereocenters. The van der Waals surface area contributed by atoms with Crippen LogP contribution in [0.1, 0.15) is 49.4 Å². The van der Waals surface area contributed by atoms with Crippen molar-refractivity contribution in [3.05, 3.63) is 59.4 Å². The average Bonchev–Trinajstić information content (AvgIpc) is 3.65. The fourth-order valence-corrected chi connectivity index (χ4v) is 4.27. The Labute approximate surface area is 197 Å². The summed E-state index contributed by atoms with van der Waals surface area (Å²) in [6, 6.07) is 13.4. The van der Waals surface area contributed by atoms with E-state index in [4.69, 9.17) is 4.74 Å². The zero-order chi connectivity index (χ0) is 22.9. The van der Waals surface area contributed by atoms with E-state index < -0.39 is 0 Å². The molecule has 33 heavy (non-hydrogen) atoms. The van der Waals surface area contributed by atoms with Crippen LogP contribution in [0.25, 0.3) is 0 Å². The van der Waals surface area contributed by atoms with E-state index >= 15 is 0 Å². The molecule has 178 valence electrons. The molecule has 2 aliphatic rings. The SMILES string of the molecule is CCOc1ccccc1CN1CCC(NC(=O)CNCc2cc(CNC3CC3)ccn2)CC1. The number of para-hydroxylation sites is 1. The molecule has 7 nitrogen and oxygen atoms in total. The zero-order valence-electron chi connectivity index (χ0n) is 19.7. The van der Waals surface area contributed by atoms with E-state index in [0.717, 1.165) is 50.5 Å². The van der Waals surface area contributed by atoms with Crippen LogP contribution in [0.3, 0.4) is 0 Å². The maximum absolute atomic E-state index is 12.4. The summed E-state index contributed by atoms with van der Waals surface area (Å²) in [5.74, 6) is 1.03. The lowest BCUT2D eigenvalue weighted by molar-refractivity contribution is -0.121. The minimum atomic E-state index is 0.0571. The van der Waals surface area contributed by atoms with E-state index in [0.29, 0.717) is 25.7 Å². The number of rotatable bonds is 12. The van der Waals surface area contributed by atoms with Gasteiger partial charge in [0.25, 0.3) is 0 Å². The minimum absolute atomic E-state index is 0.0571. The predicted molar refractivity (Wildman–Crippen MR) is 130 cm³/mol. The highest BCUT2D eigenvalue weighted by Gasteiger charge is 2.22. The van der Waals surface area contributed by atoms with Crippen molar-refractivity contribution in [3.8, 4) is 5.75 Å². The number of piperidine rings is 1. The van der Waals surface area contributed by atoms with Gasteiger partial charge in [-0.15, -0.1) is 0 Å². The smallest absolute Gasteiger partial charge is 0.234 e. The Balaban J connectivity index is 1.13. The van der Waals surface area contributed by atoms with Crippen molar-refractivity contribution in [3.63, 3.8) is 0 Å². The Kier molecular flexibility index (Phi) is 8.69. The Morgan fingerprint density at radius 2 is 1.91 bits per heavy atom. The van der Waals surface area contributed by atoms with Gasteiger partial charge in [0.2, 0.25) is 5.91 Å². The van der Waals surface area contributed by atoms with Gasteiger partial charge < -0.3 is 20.7 Å². The Morgan fingerprint density at radius 1 is 1.09 bits per heavy atom. The molecule has 0 radical (unpaired) electrons. The zero-order valence-corrected chi connectivity index (χ0v) is 19.7. The molecule has 3 N–H and O–H groups in total. The average molecular weight is 452 g/mol. The molecular weight excluding hydrogens is 414 g/mol. The van der Waals surface area contributed by atoms with E-state index in [-0.39, 0.29) is 11.9 Å². The van der Waals surface area contributed by atoms with Gasteiger partial charge in [-0.3, -0.25) is 14.7 Å². The highest BCUT2D eigenvalue weighted by Crippen LogP contribution is 2.22. The van der Waals surface area contributed by atoms with Crippen LogP contribution in [0.15, 0.2) is 42.6 Å². The maximum Gasteiger partial charge on any atom is 0.234 e. The lowest BCUT2D eigenvalue weighted by Crippen LogP contribution is -2.46. The molecule has 1 saturated carbocycles. The van der Waals surface area contributed by atoms with Gasteiger partial charge >= 0.3 is 0 Å². The molecule has 2 aromatic rings. The van der Waals surface area contributed by atoms with Crippen molar-refractivity contribution in [1.82, 2.24) is 25.8 Å². The summed E-state index contributed by atoms with van der Waals surface area (Å²) in [5, 5.41) is 9.95. The topological polar surface area (TPSA) is 78.5 Å². The molecule has 1 aliphatic carbocycles. The molecule has 2 fully saturated rings. The quantitative estimate of drug-likeness (QED) is 0.460. The summed E-state index contributed by atoms with van der Waals surface area (Å²) in [4.78, 5) is 19.3. The first-order valence-corrected chi connectivity index (χ1v) is 12.3. The number of ether oxygens (including phenoxy) is 1. The van der Waals surface area contributed by atoms with Crippen LogP contribution in [0.4, 0.5) is 0 Å². The lowest BCUT2D eigenvalue weighted by atomic mass is 10.0. The first-order valence-electron chi connectivity index (χ1n) is 12.3. The van der Waals surface area contributed by atoms with Crippen molar-refractivity contribution in [2.24, 2.45) is 0 Å². The molecule has 0 bridgehead atoms. The Bertz CT molecular complexity index is 894. The second-order valence-corrected chi connectivity index (χ2v) is 9.07. The third kappa shape index (κ3) is 7.81. The summed E-state index contributed by atoms with van der Waals surface area (Å²) in [6.45, 7) is 7.34. The van der Waals surface area contributed by atoms with Gasteiger partial charge in [0.15, 0.2) is 0 Å². The Hall–Kier alpha value is -2.48. The number of hydrogen-bond acceptors (Lipinski definition) is 6. The molecule has 7 heteroatoms. The van der Waals surface area contributed by atoms with Crippen LogP contribution >= 0.6 is 0 Å². The van der Waals surface area contributed by atoms with Crippen LogP contribution in [0.5, 0.6) is 5.75 Å². The molecule has 1 saturated heterocycles. The highest BCUT2D eigenvalue weighted by atomic mass is 16.5. The number of amides is 1. The van der Waals surface area contributed by atoms with E-state index in [9.17, 15) is 4.79 Å². The number of pyridine rings is 1. The van der Waals surface area contributed by atoms with Gasteiger partial charge in [0, 0.05) is 56.6 Å². The fraction of sp³-hybridized carbons (Fsp3) is 0.538. The van der Waals surface area contributed by atoms with Crippen LogP contribution in [0, 0.1) is 0 Å². The first kappa shape index (κ1) is 23.7. The summed E-state index contributed by atoms with van der Waals surface area (Å²) < 4.78 is 5.75. The van der Waals surface area contributed by atoms with Crippen LogP contribution in [-0.4, -0.2) is 54.1 Å². The van der Waals surface area contributed by atoms with E-state index in [2.05, 4.69) is 44.0 Å². The largest absolute Gasteiger partial charge is 0.494 e. The van der Waals surface area contributed by atoms with Gasteiger partial charge in [-0.05, 0) is 56.4 Å². The van der Waals surface area contributed by atoms with Crippen molar-refractivity contribution in [2.75, 3.05) is 26.2 Å². The number of benzene rings is 1. The summed E-state index contributed by atoms with van der Waals surface area (Å²) in [5.41, 5.74) is 3.44. The number of aromatic nitrogens is 1. The van der Waals surface area contributed by atoms with Crippen LogP contribution < -0.4 is 20.7 Å². The normalized spacial score (nSPS) is 17.1. The van der Waals surface area contributed by atoms with Crippen LogP contribution in [-0.2, 0) is 24.4 Å². The third-order valence-corrected chi connectivity index (χ3v) is 6.26. The van der Waals surface area contributed by atoms with Gasteiger partial charge in [-0.1, -0.05) is 18.2 Å². The number of likely N-dealkylation sites (tertiary alicyclic amines) is 1. The summed E-state index contributed by atoms with van der Waals surface area (Å²) >= 11 is 0. The molecule has 1 aromatic heterocycles. The van der Waals surface area contributed by atoms with Gasteiger partial charge in [-0.25, -0.2) is 0 Å². The van der Waals surface area contributed by atoms with E-state index in [1.165, 1.54) is 24.0 Å². The number of carbonyl (C=O) groups excluding carboxylic acids is 1. The molecule has 0 unspecified atom stereocenters. The Morgan fingerprint density at radius 3 is 2.70 bits per heavy atom. The summed E-state index contributed by atoms with van der Waals surface area (Å²) in [6.07, 6.45) is 6.37. The second-order valence-electron chi connectivity index (χ2n) is 9.07. The van der Waals surface area contributed by atoms with Gasteiger partial charge in [0.05, 0.1) is 18.8 Å². The minimum Gasteiger partial charge on any atom is -0.494 e.